The van der Waals surface area contributed by atoms with E-state index in [1.165, 1.54) is 6.92 Å². The minimum Gasteiger partial charge on any atom is -0.424 e. The largest absolute Gasteiger partial charge is 0.424 e. The highest BCUT2D eigenvalue weighted by atomic mass is 16.7. The normalized spacial score (nSPS) is 45.7. The quantitative estimate of drug-likeness (QED) is 0.462. The molecule has 1 fully saturated rings. The maximum Gasteiger partial charge on any atom is 0.419 e. The predicted molar refractivity (Wildman–Crippen MR) is 39.1 cm³/mol. The van der Waals surface area contributed by atoms with Gasteiger partial charge >= 0.3 is 6.47 Å². The van der Waals surface area contributed by atoms with E-state index in [0.29, 0.717) is 0 Å². The lowest BCUT2D eigenvalue weighted by Crippen LogP contribution is -2.57. The molecule has 1 heterocycles. The van der Waals surface area contributed by atoms with E-state index in [2.05, 4.69) is 4.74 Å². The molecular formula is C7H11O6. The van der Waals surface area contributed by atoms with Gasteiger partial charge in [-0.1, -0.05) is 0 Å². The van der Waals surface area contributed by atoms with E-state index in [9.17, 15) is 20.1 Å². The molecule has 13 heavy (non-hydrogen) atoms. The van der Waals surface area contributed by atoms with Gasteiger partial charge in [0, 0.05) is 0 Å². The molecule has 1 unspecified atom stereocenters. The van der Waals surface area contributed by atoms with Gasteiger partial charge in [0.1, 0.15) is 18.3 Å². The van der Waals surface area contributed by atoms with Crippen LogP contribution < -0.4 is 0 Å². The highest BCUT2D eigenvalue weighted by Crippen LogP contribution is 2.20. The van der Waals surface area contributed by atoms with Gasteiger partial charge in [-0.2, -0.15) is 0 Å². The summed E-state index contributed by atoms with van der Waals surface area (Å²) < 4.78 is 9.11. The highest BCUT2D eigenvalue weighted by molar-refractivity contribution is 5.38. The molecule has 0 saturated carbocycles. The van der Waals surface area contributed by atoms with Crippen LogP contribution in [0.1, 0.15) is 6.92 Å². The van der Waals surface area contributed by atoms with Crippen LogP contribution in [0, 0.1) is 0 Å². The highest BCUT2D eigenvalue weighted by Gasteiger charge is 2.42. The first-order chi connectivity index (χ1) is 6.07. The Kier molecular flexibility index (Phi) is 3.21. The number of carbonyl (C=O) groups excluding carboxylic acids is 1. The zero-order valence-electron chi connectivity index (χ0n) is 6.95. The first-order valence-corrected chi connectivity index (χ1v) is 3.80. The molecule has 0 aromatic heterocycles. The van der Waals surface area contributed by atoms with E-state index in [4.69, 9.17) is 4.74 Å². The summed E-state index contributed by atoms with van der Waals surface area (Å²) in [5.41, 5.74) is 0. The van der Waals surface area contributed by atoms with Crippen LogP contribution in [-0.2, 0) is 14.3 Å². The lowest BCUT2D eigenvalue weighted by molar-refractivity contribution is -0.272. The van der Waals surface area contributed by atoms with Crippen molar-refractivity contribution >= 4 is 6.47 Å². The molecule has 5 atom stereocenters. The fraction of sp³-hybridized carbons (Fsp3) is 0.857. The van der Waals surface area contributed by atoms with E-state index >= 15 is 0 Å². The van der Waals surface area contributed by atoms with Crippen LogP contribution in [0.4, 0.5) is 0 Å². The van der Waals surface area contributed by atoms with Gasteiger partial charge in [-0.05, 0) is 6.92 Å². The molecule has 1 aliphatic rings. The lowest BCUT2D eigenvalue weighted by Gasteiger charge is -2.37. The van der Waals surface area contributed by atoms with Crippen LogP contribution >= 0.6 is 0 Å². The van der Waals surface area contributed by atoms with Crippen molar-refractivity contribution in [3.05, 3.63) is 0 Å². The molecule has 0 bridgehead atoms. The maximum absolute atomic E-state index is 9.83. The molecule has 6 heteroatoms. The fourth-order valence-electron chi connectivity index (χ4n) is 1.16. The third-order valence-electron chi connectivity index (χ3n) is 1.97. The van der Waals surface area contributed by atoms with Crippen molar-refractivity contribution in [2.45, 2.75) is 37.6 Å². The van der Waals surface area contributed by atoms with Crippen LogP contribution in [0.25, 0.3) is 0 Å². The number of ether oxygens (including phenoxy) is 2. The molecule has 1 aliphatic heterocycles. The van der Waals surface area contributed by atoms with Gasteiger partial charge in [0.05, 0.1) is 6.10 Å². The summed E-state index contributed by atoms with van der Waals surface area (Å²) in [6, 6.07) is 0. The summed E-state index contributed by atoms with van der Waals surface area (Å²) in [6.45, 7) is 2.58. The Morgan fingerprint density at radius 1 is 1.23 bits per heavy atom. The van der Waals surface area contributed by atoms with Crippen LogP contribution in [0.5, 0.6) is 0 Å². The molecule has 6 nitrogen and oxygen atoms in total. The average molecular weight is 191 g/mol. The molecule has 0 aliphatic carbocycles. The summed E-state index contributed by atoms with van der Waals surface area (Å²) in [4.78, 5) is 9.83. The second kappa shape index (κ2) is 4.01. The van der Waals surface area contributed by atoms with Crippen LogP contribution in [0.3, 0.4) is 0 Å². The molecule has 0 amide bonds. The molecule has 75 valence electrons. The summed E-state index contributed by atoms with van der Waals surface area (Å²) in [5, 5.41) is 27.7. The van der Waals surface area contributed by atoms with Gasteiger partial charge in [0.25, 0.3) is 0 Å². The monoisotopic (exact) mass is 191 g/mol. The molecule has 1 radical (unpaired) electrons. The van der Waals surface area contributed by atoms with Crippen molar-refractivity contribution in [2.24, 2.45) is 0 Å². The van der Waals surface area contributed by atoms with Crippen molar-refractivity contribution in [3.8, 4) is 0 Å². The summed E-state index contributed by atoms with van der Waals surface area (Å²) in [6.07, 6.45) is -6.01. The van der Waals surface area contributed by atoms with E-state index in [-0.39, 0.29) is 0 Å². The van der Waals surface area contributed by atoms with Gasteiger partial charge in [-0.15, -0.1) is 0 Å². The fourth-order valence-corrected chi connectivity index (χ4v) is 1.16. The summed E-state index contributed by atoms with van der Waals surface area (Å²) in [5.74, 6) is 0. The van der Waals surface area contributed by atoms with Crippen LogP contribution in [0.2, 0.25) is 0 Å². The molecule has 0 aromatic carbocycles. The SMILES string of the molecule is C[C@H]1OC(O[C]=O)[C@@H](O)[C@@H](O)[C@@H]1O. The Labute approximate surface area is 74.7 Å². The average Bonchev–Trinajstić information content (AvgIpc) is 2.11. The van der Waals surface area contributed by atoms with Crippen molar-refractivity contribution in [2.75, 3.05) is 0 Å². The van der Waals surface area contributed by atoms with Crippen molar-refractivity contribution in [1.82, 2.24) is 0 Å². The van der Waals surface area contributed by atoms with Crippen LogP contribution in [0.15, 0.2) is 0 Å². The zero-order chi connectivity index (χ0) is 10.0. The van der Waals surface area contributed by atoms with Crippen molar-refractivity contribution < 1.29 is 29.6 Å². The van der Waals surface area contributed by atoms with Crippen molar-refractivity contribution in [3.63, 3.8) is 0 Å². The third-order valence-corrected chi connectivity index (χ3v) is 1.97. The molecule has 3 N–H and O–H groups in total. The number of hydrogen-bond donors (Lipinski definition) is 3. The van der Waals surface area contributed by atoms with Crippen LogP contribution in [-0.4, -0.2) is 52.5 Å². The number of aliphatic hydroxyl groups is 3. The number of hydrogen-bond acceptors (Lipinski definition) is 6. The minimum absolute atomic E-state index is 0.711. The molecule has 1 rings (SSSR count). The second-order valence-electron chi connectivity index (χ2n) is 2.88. The molecular weight excluding hydrogens is 180 g/mol. The van der Waals surface area contributed by atoms with Gasteiger partial charge < -0.3 is 24.8 Å². The predicted octanol–water partition coefficient (Wildman–Crippen LogP) is -2.10. The first-order valence-electron chi connectivity index (χ1n) is 3.80. The second-order valence-corrected chi connectivity index (χ2v) is 2.88. The molecule has 0 aromatic rings. The zero-order valence-corrected chi connectivity index (χ0v) is 6.95. The molecule has 0 spiro atoms. The smallest absolute Gasteiger partial charge is 0.419 e. The van der Waals surface area contributed by atoms with E-state index in [1.54, 1.807) is 0 Å². The summed E-state index contributed by atoms with van der Waals surface area (Å²) in [7, 11) is 0. The van der Waals surface area contributed by atoms with Crippen molar-refractivity contribution in [1.29, 1.82) is 0 Å². The van der Waals surface area contributed by atoms with Gasteiger partial charge in [-0.3, -0.25) is 0 Å². The third kappa shape index (κ3) is 1.97. The first kappa shape index (κ1) is 10.4. The summed E-state index contributed by atoms with van der Waals surface area (Å²) >= 11 is 0. The van der Waals surface area contributed by atoms with Gasteiger partial charge in [0.2, 0.25) is 6.29 Å². The Morgan fingerprint density at radius 2 is 1.85 bits per heavy atom. The topological polar surface area (TPSA) is 96.2 Å². The Hall–Kier alpha value is -0.690. The number of rotatable bonds is 2. The standard InChI is InChI=1S/C7H11O6/c1-3-4(9)5(10)6(11)7(13-3)12-2-8/h3-7,9-11H,1H3/t3-,4-,5+,6+,7?/m1/s1. The van der Waals surface area contributed by atoms with Gasteiger partial charge in [-0.25, -0.2) is 4.79 Å². The van der Waals surface area contributed by atoms with E-state index in [0.717, 1.165) is 6.47 Å². The maximum atomic E-state index is 9.83. The van der Waals surface area contributed by atoms with E-state index < -0.39 is 30.7 Å². The van der Waals surface area contributed by atoms with E-state index in [1.807, 2.05) is 0 Å². The minimum atomic E-state index is -1.45. The lowest BCUT2D eigenvalue weighted by atomic mass is 10.0. The Bertz CT molecular complexity index is 184. The Morgan fingerprint density at radius 3 is 2.38 bits per heavy atom. The number of aliphatic hydroxyl groups excluding tert-OH is 3. The molecule has 1 saturated heterocycles. The van der Waals surface area contributed by atoms with Gasteiger partial charge in [0.15, 0.2) is 0 Å². The Balaban J connectivity index is 2.64.